The number of benzene rings is 1. The first kappa shape index (κ1) is 8.76. The van der Waals surface area contributed by atoms with Gasteiger partial charge in [0.25, 0.3) is 0 Å². The third-order valence-electron chi connectivity index (χ3n) is 3.11. The lowest BCUT2D eigenvalue weighted by Crippen LogP contribution is -2.45. The van der Waals surface area contributed by atoms with Crippen LogP contribution in [-0.2, 0) is 13.0 Å². The first-order chi connectivity index (χ1) is 6.09. The molecule has 1 heteroatoms. The fourth-order valence-electron chi connectivity index (χ4n) is 1.89. The average Bonchev–Trinajstić information content (AvgIpc) is 2.06. The second-order valence-electron chi connectivity index (χ2n) is 4.54. The van der Waals surface area contributed by atoms with Gasteiger partial charge in [-0.25, -0.2) is 0 Å². The fraction of sp³-hybridized carbons (Fsp3) is 0.500. The van der Waals surface area contributed by atoms with Gasteiger partial charge in [0, 0.05) is 12.1 Å². The maximum absolute atomic E-state index is 3.14. The topological polar surface area (TPSA) is 3.24 Å². The molecule has 1 aromatic rings. The highest BCUT2D eigenvalue weighted by Gasteiger charge is 2.29. The molecule has 0 saturated heterocycles. The Labute approximate surface area is 80.4 Å². The summed E-state index contributed by atoms with van der Waals surface area (Å²) in [6, 6.07) is 9.47. The second kappa shape index (κ2) is 2.85. The van der Waals surface area contributed by atoms with E-state index in [0.29, 0.717) is 5.54 Å². The van der Waals surface area contributed by atoms with Crippen molar-refractivity contribution in [3.05, 3.63) is 35.4 Å². The summed E-state index contributed by atoms with van der Waals surface area (Å²) in [4.78, 5) is 2.41. The van der Waals surface area contributed by atoms with E-state index in [1.807, 2.05) is 6.07 Å². The number of fused-ring (bicyclic) bond motifs is 1. The van der Waals surface area contributed by atoms with E-state index in [4.69, 9.17) is 0 Å². The Morgan fingerprint density at radius 1 is 1.38 bits per heavy atom. The van der Waals surface area contributed by atoms with Gasteiger partial charge >= 0.3 is 0 Å². The first-order valence-electron chi connectivity index (χ1n) is 4.79. The predicted molar refractivity (Wildman–Crippen MR) is 54.5 cm³/mol. The summed E-state index contributed by atoms with van der Waals surface area (Å²) in [5.74, 6) is 0. The summed E-state index contributed by atoms with van der Waals surface area (Å²) in [6.45, 7) is 5.65. The predicted octanol–water partition coefficient (Wildman–Crippen LogP) is 2.25. The Balaban J connectivity index is 2.39. The molecule has 69 valence electrons. The molecule has 0 saturated carbocycles. The summed E-state index contributed by atoms with van der Waals surface area (Å²) >= 11 is 0. The molecule has 13 heavy (non-hydrogen) atoms. The van der Waals surface area contributed by atoms with Crippen LogP contribution in [0.1, 0.15) is 25.0 Å². The highest BCUT2D eigenvalue weighted by Crippen LogP contribution is 2.28. The molecular formula is C12H16N. The van der Waals surface area contributed by atoms with Crippen molar-refractivity contribution < 1.29 is 0 Å². The van der Waals surface area contributed by atoms with Crippen molar-refractivity contribution in [3.8, 4) is 0 Å². The number of hydrogen-bond acceptors (Lipinski definition) is 1. The van der Waals surface area contributed by atoms with Crippen molar-refractivity contribution >= 4 is 0 Å². The molecule has 0 fully saturated rings. The Kier molecular flexibility index (Phi) is 1.92. The number of likely N-dealkylation sites (N-methyl/N-ethyl adjacent to an activating group) is 1. The molecule has 1 nitrogen and oxygen atoms in total. The van der Waals surface area contributed by atoms with E-state index in [1.165, 1.54) is 11.1 Å². The van der Waals surface area contributed by atoms with Crippen molar-refractivity contribution in [3.63, 3.8) is 0 Å². The van der Waals surface area contributed by atoms with E-state index < -0.39 is 0 Å². The zero-order valence-corrected chi connectivity index (χ0v) is 8.59. The normalized spacial score (nSPS) is 21.2. The third-order valence-corrected chi connectivity index (χ3v) is 3.11. The van der Waals surface area contributed by atoms with Gasteiger partial charge in [-0.1, -0.05) is 12.1 Å². The zero-order chi connectivity index (χ0) is 9.47. The first-order valence-corrected chi connectivity index (χ1v) is 4.79. The van der Waals surface area contributed by atoms with Crippen LogP contribution in [0.2, 0.25) is 0 Å². The van der Waals surface area contributed by atoms with Gasteiger partial charge in [-0.05, 0) is 50.6 Å². The van der Waals surface area contributed by atoms with E-state index in [-0.39, 0.29) is 0 Å². The van der Waals surface area contributed by atoms with Crippen LogP contribution in [0, 0.1) is 6.07 Å². The van der Waals surface area contributed by atoms with Gasteiger partial charge in [0.2, 0.25) is 0 Å². The lowest BCUT2D eigenvalue weighted by molar-refractivity contribution is 0.133. The maximum Gasteiger partial charge on any atom is 0.0239 e. The van der Waals surface area contributed by atoms with Crippen molar-refractivity contribution in [2.45, 2.75) is 32.4 Å². The number of nitrogens with zero attached hydrogens (tertiary/aromatic N) is 1. The Hall–Kier alpha value is -0.820. The smallest absolute Gasteiger partial charge is 0.0239 e. The van der Waals surface area contributed by atoms with Crippen LogP contribution in [0.5, 0.6) is 0 Å². The molecule has 0 bridgehead atoms. The van der Waals surface area contributed by atoms with Gasteiger partial charge in [-0.3, -0.25) is 4.90 Å². The molecule has 1 radical (unpaired) electrons. The molecule has 1 aliphatic rings. The monoisotopic (exact) mass is 174 g/mol. The molecule has 1 aromatic carbocycles. The SMILES string of the molecule is CN1Cc2c[c]ccc2CC1(C)C. The number of rotatable bonds is 0. The molecule has 0 N–H and O–H groups in total. The summed E-state index contributed by atoms with van der Waals surface area (Å²) in [7, 11) is 2.19. The second-order valence-corrected chi connectivity index (χ2v) is 4.54. The van der Waals surface area contributed by atoms with Crippen LogP contribution < -0.4 is 0 Å². The molecule has 2 rings (SSSR count). The fourth-order valence-corrected chi connectivity index (χ4v) is 1.89. The van der Waals surface area contributed by atoms with E-state index in [1.54, 1.807) is 0 Å². The van der Waals surface area contributed by atoms with E-state index in [2.05, 4.69) is 44.0 Å². The molecular weight excluding hydrogens is 158 g/mol. The minimum absolute atomic E-state index is 0.300. The van der Waals surface area contributed by atoms with Crippen molar-refractivity contribution in [1.82, 2.24) is 4.90 Å². The quantitative estimate of drug-likeness (QED) is 0.583. The van der Waals surface area contributed by atoms with Gasteiger partial charge in [0.05, 0.1) is 0 Å². The largest absolute Gasteiger partial charge is 0.297 e. The van der Waals surface area contributed by atoms with E-state index >= 15 is 0 Å². The Morgan fingerprint density at radius 2 is 2.15 bits per heavy atom. The average molecular weight is 174 g/mol. The standard InChI is InChI=1S/C12H16N/c1-12(2)8-10-6-4-5-7-11(10)9-13(12)3/h4,6-7H,8-9H2,1-3H3. The summed E-state index contributed by atoms with van der Waals surface area (Å²) in [5, 5.41) is 0. The summed E-state index contributed by atoms with van der Waals surface area (Å²) < 4.78 is 0. The van der Waals surface area contributed by atoms with Gasteiger partial charge in [-0.2, -0.15) is 0 Å². The van der Waals surface area contributed by atoms with Crippen LogP contribution in [0.15, 0.2) is 18.2 Å². The molecule has 0 spiro atoms. The molecule has 0 aromatic heterocycles. The van der Waals surface area contributed by atoms with Gasteiger partial charge in [0.15, 0.2) is 0 Å². The van der Waals surface area contributed by atoms with Gasteiger partial charge < -0.3 is 0 Å². The van der Waals surface area contributed by atoms with Crippen LogP contribution in [0.4, 0.5) is 0 Å². The molecule has 0 unspecified atom stereocenters. The molecule has 0 amide bonds. The van der Waals surface area contributed by atoms with Crippen LogP contribution >= 0.6 is 0 Å². The van der Waals surface area contributed by atoms with Crippen LogP contribution in [0.3, 0.4) is 0 Å². The highest BCUT2D eigenvalue weighted by molar-refractivity contribution is 5.30. The van der Waals surface area contributed by atoms with E-state index in [9.17, 15) is 0 Å². The van der Waals surface area contributed by atoms with Crippen molar-refractivity contribution in [2.75, 3.05) is 7.05 Å². The zero-order valence-electron chi connectivity index (χ0n) is 8.59. The lowest BCUT2D eigenvalue weighted by atomic mass is 9.86. The summed E-state index contributed by atoms with van der Waals surface area (Å²) in [5.41, 5.74) is 3.22. The van der Waals surface area contributed by atoms with Crippen molar-refractivity contribution in [2.24, 2.45) is 0 Å². The highest BCUT2D eigenvalue weighted by atomic mass is 15.2. The number of hydrogen-bond donors (Lipinski definition) is 0. The molecule has 0 aliphatic carbocycles. The van der Waals surface area contributed by atoms with E-state index in [0.717, 1.165) is 13.0 Å². The Morgan fingerprint density at radius 3 is 2.92 bits per heavy atom. The molecule has 1 heterocycles. The molecule has 0 atom stereocenters. The van der Waals surface area contributed by atoms with Crippen LogP contribution in [0.25, 0.3) is 0 Å². The Bertz CT molecular complexity index is 315. The van der Waals surface area contributed by atoms with Crippen LogP contribution in [-0.4, -0.2) is 17.5 Å². The van der Waals surface area contributed by atoms with Gasteiger partial charge in [0.1, 0.15) is 0 Å². The summed E-state index contributed by atoms with van der Waals surface area (Å²) in [6.07, 6.45) is 1.15. The minimum atomic E-state index is 0.300. The molecule has 1 aliphatic heterocycles. The van der Waals surface area contributed by atoms with Gasteiger partial charge in [-0.15, -0.1) is 0 Å². The minimum Gasteiger partial charge on any atom is -0.297 e. The van der Waals surface area contributed by atoms with Crippen molar-refractivity contribution in [1.29, 1.82) is 0 Å². The third kappa shape index (κ3) is 1.49. The lowest BCUT2D eigenvalue weighted by Gasteiger charge is -2.40. The maximum atomic E-state index is 3.14.